The maximum atomic E-state index is 13.6. The van der Waals surface area contributed by atoms with Crippen molar-refractivity contribution in [2.45, 2.75) is 25.1 Å². The number of amides is 2. The second kappa shape index (κ2) is 7.75. The van der Waals surface area contributed by atoms with Crippen LogP contribution in [0.1, 0.15) is 46.4 Å². The first-order chi connectivity index (χ1) is 15.9. The van der Waals surface area contributed by atoms with Crippen molar-refractivity contribution >= 4 is 29.0 Å². The van der Waals surface area contributed by atoms with Gasteiger partial charge in [0.05, 0.1) is 17.1 Å². The van der Waals surface area contributed by atoms with Crippen LogP contribution >= 0.6 is 0 Å². The molecule has 0 aliphatic carbocycles. The van der Waals surface area contributed by atoms with Crippen LogP contribution in [-0.2, 0) is 5.72 Å². The van der Waals surface area contributed by atoms with E-state index in [9.17, 15) is 14.7 Å². The lowest BCUT2D eigenvalue weighted by atomic mass is 9.91. The van der Waals surface area contributed by atoms with Crippen LogP contribution in [0, 0.1) is 0 Å². The van der Waals surface area contributed by atoms with Gasteiger partial charge in [-0.3, -0.25) is 15.0 Å². The van der Waals surface area contributed by atoms with Gasteiger partial charge < -0.3 is 15.2 Å². The van der Waals surface area contributed by atoms with Gasteiger partial charge in [0.15, 0.2) is 5.72 Å². The average molecular weight is 442 g/mol. The highest BCUT2D eigenvalue weighted by Crippen LogP contribution is 2.47. The molecular formula is C25H22N4O4. The highest BCUT2D eigenvalue weighted by Gasteiger charge is 2.52. The molecule has 1 aromatic heterocycles. The third-order valence-corrected chi connectivity index (χ3v) is 6.09. The van der Waals surface area contributed by atoms with Crippen molar-refractivity contribution < 1.29 is 19.8 Å². The Morgan fingerprint density at radius 1 is 1.12 bits per heavy atom. The summed E-state index contributed by atoms with van der Waals surface area (Å²) in [5.41, 5.74) is 1.71. The quantitative estimate of drug-likeness (QED) is 0.364. The number of carbonyl (C=O) groups is 2. The molecule has 0 bridgehead atoms. The van der Waals surface area contributed by atoms with Crippen molar-refractivity contribution in [2.75, 3.05) is 5.32 Å². The Hall–Kier alpha value is -4.17. The molecule has 8 heteroatoms. The standard InChI is InChI=1S/C25H22N4O4/c1-2-21(15-8-4-3-5-9-15)29-22(30)17-10-6-7-11-18(17)25(29,33)16-12-13-19-20(14-16)27-23(26-19)28-24(31)32/h3-14,21,33H,2H2,1H3,(H,31,32)(H2,26,27,28)/t21-,25?/m0/s1. The third-order valence-electron chi connectivity index (χ3n) is 6.09. The second-order valence-electron chi connectivity index (χ2n) is 7.98. The molecule has 1 aliphatic rings. The molecule has 0 spiro atoms. The molecule has 166 valence electrons. The van der Waals surface area contributed by atoms with Crippen LogP contribution in [0.25, 0.3) is 11.0 Å². The number of benzene rings is 3. The van der Waals surface area contributed by atoms with E-state index in [-0.39, 0.29) is 17.9 Å². The Bertz CT molecular complexity index is 1370. The predicted molar refractivity (Wildman–Crippen MR) is 123 cm³/mol. The number of rotatable bonds is 5. The van der Waals surface area contributed by atoms with Crippen LogP contribution in [0.3, 0.4) is 0 Å². The number of hydrogen-bond donors (Lipinski definition) is 4. The Labute approximate surface area is 189 Å². The van der Waals surface area contributed by atoms with E-state index in [0.717, 1.165) is 5.56 Å². The highest BCUT2D eigenvalue weighted by molar-refractivity contribution is 6.01. The largest absolute Gasteiger partial charge is 0.465 e. The zero-order chi connectivity index (χ0) is 23.2. The summed E-state index contributed by atoms with van der Waals surface area (Å²) in [6.07, 6.45) is -0.631. The van der Waals surface area contributed by atoms with Gasteiger partial charge in [-0.25, -0.2) is 9.78 Å². The second-order valence-corrected chi connectivity index (χ2v) is 7.98. The third kappa shape index (κ3) is 3.23. The van der Waals surface area contributed by atoms with Gasteiger partial charge >= 0.3 is 6.09 Å². The molecule has 1 aliphatic heterocycles. The number of hydrogen-bond acceptors (Lipinski definition) is 4. The summed E-state index contributed by atoms with van der Waals surface area (Å²) in [6.45, 7) is 1.98. The molecule has 5 rings (SSSR count). The fourth-order valence-electron chi connectivity index (χ4n) is 4.67. The van der Waals surface area contributed by atoms with Crippen molar-refractivity contribution in [3.63, 3.8) is 0 Å². The van der Waals surface area contributed by atoms with Crippen LogP contribution in [0.5, 0.6) is 0 Å². The van der Waals surface area contributed by atoms with E-state index in [1.165, 1.54) is 0 Å². The summed E-state index contributed by atoms with van der Waals surface area (Å²) < 4.78 is 0. The number of imidazole rings is 1. The van der Waals surface area contributed by atoms with Crippen LogP contribution in [-0.4, -0.2) is 37.1 Å². The summed E-state index contributed by atoms with van der Waals surface area (Å²) in [7, 11) is 0. The number of fused-ring (bicyclic) bond motifs is 2. The van der Waals surface area contributed by atoms with Gasteiger partial charge in [0.1, 0.15) is 0 Å². The van der Waals surface area contributed by atoms with Crippen molar-refractivity contribution in [2.24, 2.45) is 0 Å². The Kier molecular flexibility index (Phi) is 4.87. The lowest BCUT2D eigenvalue weighted by molar-refractivity contribution is -0.0715. The predicted octanol–water partition coefficient (Wildman–Crippen LogP) is 4.45. The van der Waals surface area contributed by atoms with E-state index in [2.05, 4.69) is 15.3 Å². The van der Waals surface area contributed by atoms with E-state index in [4.69, 9.17) is 5.11 Å². The fraction of sp³-hybridized carbons (Fsp3) is 0.160. The molecule has 2 heterocycles. The normalized spacial score (nSPS) is 18.4. The maximum Gasteiger partial charge on any atom is 0.411 e. The smallest absolute Gasteiger partial charge is 0.411 e. The van der Waals surface area contributed by atoms with Gasteiger partial charge in [0.25, 0.3) is 5.91 Å². The summed E-state index contributed by atoms with van der Waals surface area (Å²) in [6, 6.07) is 21.5. The van der Waals surface area contributed by atoms with E-state index in [0.29, 0.717) is 34.1 Å². The van der Waals surface area contributed by atoms with Crippen molar-refractivity contribution in [1.29, 1.82) is 0 Å². The number of anilines is 1. The summed E-state index contributed by atoms with van der Waals surface area (Å²) in [5, 5.41) is 23.5. The lowest BCUT2D eigenvalue weighted by Gasteiger charge is -2.40. The minimum absolute atomic E-state index is 0.0807. The SMILES string of the molecule is CC[C@@H](c1ccccc1)N1C(=O)c2ccccc2C1(O)c1ccc2nc(NC(=O)O)[nH]c2c1. The molecule has 0 fully saturated rings. The van der Waals surface area contributed by atoms with E-state index in [1.54, 1.807) is 47.4 Å². The van der Waals surface area contributed by atoms with Crippen LogP contribution < -0.4 is 5.32 Å². The molecular weight excluding hydrogens is 420 g/mol. The number of aromatic nitrogens is 2. The summed E-state index contributed by atoms with van der Waals surface area (Å²) >= 11 is 0. The summed E-state index contributed by atoms with van der Waals surface area (Å²) in [5.74, 6) is -0.168. The molecule has 33 heavy (non-hydrogen) atoms. The van der Waals surface area contributed by atoms with E-state index < -0.39 is 11.8 Å². The lowest BCUT2D eigenvalue weighted by Crippen LogP contribution is -2.46. The highest BCUT2D eigenvalue weighted by atomic mass is 16.4. The maximum absolute atomic E-state index is 13.6. The monoisotopic (exact) mass is 442 g/mol. The topological polar surface area (TPSA) is 119 Å². The van der Waals surface area contributed by atoms with Gasteiger partial charge in [0.2, 0.25) is 5.95 Å². The number of carboxylic acid groups (broad SMARTS) is 1. The van der Waals surface area contributed by atoms with Crippen LogP contribution in [0.2, 0.25) is 0 Å². The van der Waals surface area contributed by atoms with Crippen molar-refractivity contribution in [3.05, 3.63) is 95.1 Å². The minimum atomic E-state index is -1.72. The van der Waals surface area contributed by atoms with Crippen molar-refractivity contribution in [1.82, 2.24) is 14.9 Å². The number of nitrogens with zero attached hydrogens (tertiary/aromatic N) is 2. The Balaban J connectivity index is 1.69. The van der Waals surface area contributed by atoms with Gasteiger partial charge in [0, 0.05) is 16.7 Å². The molecule has 1 unspecified atom stereocenters. The molecule has 8 nitrogen and oxygen atoms in total. The molecule has 0 saturated heterocycles. The first kappa shape index (κ1) is 20.7. The first-order valence-electron chi connectivity index (χ1n) is 10.6. The van der Waals surface area contributed by atoms with Crippen molar-refractivity contribution in [3.8, 4) is 0 Å². The Morgan fingerprint density at radius 2 is 1.85 bits per heavy atom. The van der Waals surface area contributed by atoms with Gasteiger partial charge in [-0.05, 0) is 30.2 Å². The van der Waals surface area contributed by atoms with Gasteiger partial charge in [-0.15, -0.1) is 0 Å². The molecule has 0 radical (unpaired) electrons. The number of aliphatic hydroxyl groups is 1. The zero-order valence-electron chi connectivity index (χ0n) is 17.8. The van der Waals surface area contributed by atoms with Crippen LogP contribution in [0.4, 0.5) is 10.7 Å². The van der Waals surface area contributed by atoms with Crippen LogP contribution in [0.15, 0.2) is 72.8 Å². The molecule has 3 aromatic carbocycles. The fourth-order valence-corrected chi connectivity index (χ4v) is 4.67. The molecule has 2 atom stereocenters. The number of nitrogens with one attached hydrogen (secondary N) is 2. The number of H-pyrrole nitrogens is 1. The minimum Gasteiger partial charge on any atom is -0.465 e. The molecule has 2 amide bonds. The van der Waals surface area contributed by atoms with E-state index in [1.807, 2.05) is 37.3 Å². The first-order valence-corrected chi connectivity index (χ1v) is 10.6. The molecule has 0 saturated carbocycles. The molecule has 4 N–H and O–H groups in total. The molecule has 4 aromatic rings. The van der Waals surface area contributed by atoms with Gasteiger partial charge in [-0.2, -0.15) is 0 Å². The summed E-state index contributed by atoms with van der Waals surface area (Å²) in [4.78, 5) is 33.3. The van der Waals surface area contributed by atoms with Gasteiger partial charge in [-0.1, -0.05) is 61.5 Å². The Morgan fingerprint density at radius 3 is 2.58 bits per heavy atom. The number of carbonyl (C=O) groups excluding carboxylic acids is 1. The zero-order valence-corrected chi connectivity index (χ0v) is 17.8. The number of aromatic amines is 1. The average Bonchev–Trinajstić information content (AvgIpc) is 3.32. The van der Waals surface area contributed by atoms with E-state index >= 15 is 0 Å².